The molecular formula is C19H27N3O3. The average Bonchev–Trinajstić information content (AvgIpc) is 2.92. The highest BCUT2D eigenvalue weighted by atomic mass is 16.4. The van der Waals surface area contributed by atoms with Gasteiger partial charge in [-0.2, -0.15) is 0 Å². The molecule has 0 bridgehead atoms. The third kappa shape index (κ3) is 3.16. The Hall–Kier alpha value is -1.92. The van der Waals surface area contributed by atoms with Gasteiger partial charge in [0.05, 0.1) is 11.8 Å². The van der Waals surface area contributed by atoms with Gasteiger partial charge < -0.3 is 10.4 Å². The van der Waals surface area contributed by atoms with Crippen LogP contribution in [-0.2, 0) is 9.59 Å². The van der Waals surface area contributed by atoms with Crippen LogP contribution in [0.25, 0.3) is 0 Å². The van der Waals surface area contributed by atoms with Gasteiger partial charge in [0.1, 0.15) is 6.17 Å². The minimum atomic E-state index is -0.901. The van der Waals surface area contributed by atoms with Crippen molar-refractivity contribution in [3.8, 4) is 0 Å². The SMILES string of the molecule is CC(C)C1NNC(NC(=O)C2C(C(=O)O)C2(C)C)C1c1ccccc1. The summed E-state index contributed by atoms with van der Waals surface area (Å²) in [5, 5.41) is 12.3. The van der Waals surface area contributed by atoms with Crippen molar-refractivity contribution >= 4 is 11.9 Å². The van der Waals surface area contributed by atoms with E-state index in [-0.39, 0.29) is 24.0 Å². The molecule has 0 aromatic heterocycles. The lowest BCUT2D eigenvalue weighted by molar-refractivity contribution is -0.140. The predicted octanol–water partition coefficient (Wildman–Crippen LogP) is 1.70. The molecule has 0 spiro atoms. The third-order valence-electron chi connectivity index (χ3n) is 5.73. The van der Waals surface area contributed by atoms with Gasteiger partial charge in [0, 0.05) is 12.0 Å². The van der Waals surface area contributed by atoms with Crippen molar-refractivity contribution in [2.45, 2.75) is 45.8 Å². The molecule has 1 aliphatic heterocycles. The number of nitrogens with one attached hydrogen (secondary N) is 3. The first-order valence-electron chi connectivity index (χ1n) is 8.84. The molecule has 1 aromatic rings. The van der Waals surface area contributed by atoms with Crippen molar-refractivity contribution in [2.24, 2.45) is 23.2 Å². The van der Waals surface area contributed by atoms with Crippen LogP contribution in [0.5, 0.6) is 0 Å². The standard InChI is InChI=1S/C19H27N3O3/c1-10(2)15-12(11-8-6-5-7-9-11)16(22-21-15)20-17(23)13-14(18(24)25)19(13,3)4/h5-10,12-16,21-22H,1-4H3,(H,20,23)(H,24,25). The lowest BCUT2D eigenvalue weighted by Crippen LogP contribution is -2.47. The molecule has 0 radical (unpaired) electrons. The molecule has 6 heteroatoms. The fraction of sp³-hybridized carbons (Fsp3) is 0.579. The van der Waals surface area contributed by atoms with E-state index >= 15 is 0 Å². The number of carbonyl (C=O) groups is 2. The first-order valence-corrected chi connectivity index (χ1v) is 8.84. The van der Waals surface area contributed by atoms with E-state index in [0.29, 0.717) is 5.92 Å². The normalized spacial score (nSPS) is 33.2. The van der Waals surface area contributed by atoms with E-state index in [9.17, 15) is 14.7 Å². The summed E-state index contributed by atoms with van der Waals surface area (Å²) < 4.78 is 0. The van der Waals surface area contributed by atoms with Gasteiger partial charge in [0.15, 0.2) is 0 Å². The average molecular weight is 345 g/mol. The fourth-order valence-corrected chi connectivity index (χ4v) is 4.19. The molecule has 3 rings (SSSR count). The molecule has 2 fully saturated rings. The first kappa shape index (κ1) is 17.9. The van der Waals surface area contributed by atoms with E-state index in [2.05, 4.69) is 42.1 Å². The maximum absolute atomic E-state index is 12.7. The highest BCUT2D eigenvalue weighted by Crippen LogP contribution is 2.58. The lowest BCUT2D eigenvalue weighted by Gasteiger charge is -2.26. The Labute approximate surface area is 148 Å². The molecule has 1 aromatic carbocycles. The summed E-state index contributed by atoms with van der Waals surface area (Å²) in [6, 6.07) is 10.3. The lowest BCUT2D eigenvalue weighted by atomic mass is 9.84. The van der Waals surface area contributed by atoms with E-state index < -0.39 is 23.2 Å². The number of carboxylic acid groups (broad SMARTS) is 1. The monoisotopic (exact) mass is 345 g/mol. The van der Waals surface area contributed by atoms with Gasteiger partial charge >= 0.3 is 5.97 Å². The zero-order valence-corrected chi connectivity index (χ0v) is 15.1. The van der Waals surface area contributed by atoms with Crippen molar-refractivity contribution in [3.05, 3.63) is 35.9 Å². The van der Waals surface area contributed by atoms with Crippen LogP contribution in [0.15, 0.2) is 30.3 Å². The number of carboxylic acids is 1. The summed E-state index contributed by atoms with van der Waals surface area (Å²) in [4.78, 5) is 24.1. The zero-order valence-electron chi connectivity index (χ0n) is 15.1. The molecule has 25 heavy (non-hydrogen) atoms. The van der Waals surface area contributed by atoms with Crippen LogP contribution in [0, 0.1) is 23.2 Å². The molecule has 6 nitrogen and oxygen atoms in total. The second-order valence-corrected chi connectivity index (χ2v) is 8.10. The van der Waals surface area contributed by atoms with Crippen molar-refractivity contribution in [1.29, 1.82) is 0 Å². The second-order valence-electron chi connectivity index (χ2n) is 8.10. The van der Waals surface area contributed by atoms with Crippen molar-refractivity contribution in [1.82, 2.24) is 16.2 Å². The number of hydrogen-bond donors (Lipinski definition) is 4. The van der Waals surface area contributed by atoms with Gasteiger partial charge in [0.25, 0.3) is 0 Å². The quantitative estimate of drug-likeness (QED) is 0.652. The molecule has 5 unspecified atom stereocenters. The van der Waals surface area contributed by atoms with Crippen LogP contribution < -0.4 is 16.2 Å². The van der Waals surface area contributed by atoms with Crippen LogP contribution in [0.2, 0.25) is 0 Å². The molecule has 4 N–H and O–H groups in total. The number of carbonyl (C=O) groups excluding carboxylic acids is 1. The summed E-state index contributed by atoms with van der Waals surface area (Å²) in [5.74, 6) is -1.73. The van der Waals surface area contributed by atoms with E-state index in [1.165, 1.54) is 0 Å². The topological polar surface area (TPSA) is 90.5 Å². The van der Waals surface area contributed by atoms with Crippen molar-refractivity contribution in [2.75, 3.05) is 0 Å². The molecule has 1 heterocycles. The van der Waals surface area contributed by atoms with Gasteiger partial charge in [-0.05, 0) is 16.9 Å². The largest absolute Gasteiger partial charge is 0.481 e. The second kappa shape index (κ2) is 6.42. The third-order valence-corrected chi connectivity index (χ3v) is 5.73. The van der Waals surface area contributed by atoms with E-state index in [4.69, 9.17) is 0 Å². The highest BCUT2D eigenvalue weighted by molar-refractivity contribution is 5.91. The summed E-state index contributed by atoms with van der Waals surface area (Å²) in [6.45, 7) is 7.96. The molecule has 5 atom stereocenters. The van der Waals surface area contributed by atoms with Crippen molar-refractivity contribution in [3.63, 3.8) is 0 Å². The number of hydrogen-bond acceptors (Lipinski definition) is 4. The highest BCUT2D eigenvalue weighted by Gasteiger charge is 2.66. The number of rotatable bonds is 5. The molecule has 1 amide bonds. The molecule has 1 saturated carbocycles. The van der Waals surface area contributed by atoms with E-state index in [1.807, 2.05) is 32.0 Å². The van der Waals surface area contributed by atoms with E-state index in [1.54, 1.807) is 0 Å². The smallest absolute Gasteiger partial charge is 0.307 e. The Kier molecular flexibility index (Phi) is 4.60. The molecule has 1 aliphatic carbocycles. The summed E-state index contributed by atoms with van der Waals surface area (Å²) >= 11 is 0. The number of aliphatic carboxylic acids is 1. The van der Waals surface area contributed by atoms with Crippen LogP contribution >= 0.6 is 0 Å². The Balaban J connectivity index is 1.77. The number of benzene rings is 1. The fourth-order valence-electron chi connectivity index (χ4n) is 4.19. The minimum Gasteiger partial charge on any atom is -0.481 e. The summed E-state index contributed by atoms with van der Waals surface area (Å²) in [5.41, 5.74) is 7.13. The first-order chi connectivity index (χ1) is 11.7. The molecule has 136 valence electrons. The molecule has 2 aliphatic rings. The van der Waals surface area contributed by atoms with Crippen molar-refractivity contribution < 1.29 is 14.7 Å². The predicted molar refractivity (Wildman–Crippen MR) is 94.4 cm³/mol. The van der Waals surface area contributed by atoms with Crippen LogP contribution in [0.3, 0.4) is 0 Å². The van der Waals surface area contributed by atoms with Crippen LogP contribution in [0.4, 0.5) is 0 Å². The Morgan fingerprint density at radius 2 is 1.76 bits per heavy atom. The Bertz CT molecular complexity index is 659. The Morgan fingerprint density at radius 1 is 1.12 bits per heavy atom. The van der Waals surface area contributed by atoms with Gasteiger partial charge in [-0.3, -0.25) is 15.0 Å². The molecule has 1 saturated heterocycles. The maximum Gasteiger partial charge on any atom is 0.307 e. The zero-order chi connectivity index (χ0) is 18.4. The summed E-state index contributed by atoms with van der Waals surface area (Å²) in [7, 11) is 0. The van der Waals surface area contributed by atoms with Crippen LogP contribution in [0.1, 0.15) is 39.2 Å². The van der Waals surface area contributed by atoms with E-state index in [0.717, 1.165) is 5.56 Å². The van der Waals surface area contributed by atoms with Gasteiger partial charge in [-0.25, -0.2) is 5.43 Å². The minimum absolute atomic E-state index is 0.0790. The van der Waals surface area contributed by atoms with Gasteiger partial charge in [-0.15, -0.1) is 0 Å². The number of hydrazine groups is 1. The van der Waals surface area contributed by atoms with Gasteiger partial charge in [-0.1, -0.05) is 58.0 Å². The number of amides is 1. The summed E-state index contributed by atoms with van der Waals surface area (Å²) in [6.07, 6.45) is -0.270. The van der Waals surface area contributed by atoms with Crippen LogP contribution in [-0.4, -0.2) is 29.2 Å². The van der Waals surface area contributed by atoms with Gasteiger partial charge in [0.2, 0.25) is 5.91 Å². The molecular weight excluding hydrogens is 318 g/mol. The maximum atomic E-state index is 12.7. The Morgan fingerprint density at radius 3 is 2.28 bits per heavy atom.